The minimum absolute atomic E-state index is 0.0660. The van der Waals surface area contributed by atoms with Gasteiger partial charge in [0, 0.05) is 48.4 Å². The van der Waals surface area contributed by atoms with Crippen LogP contribution in [-0.2, 0) is 4.74 Å². The third-order valence-electron chi connectivity index (χ3n) is 6.96. The zero-order valence-corrected chi connectivity index (χ0v) is 19.3. The lowest BCUT2D eigenvalue weighted by Gasteiger charge is -2.40. The van der Waals surface area contributed by atoms with E-state index < -0.39 is 0 Å². The molecular weight excluding hydrogens is 412 g/mol. The minimum atomic E-state index is 0.0660. The molecule has 168 valence electrons. The summed E-state index contributed by atoms with van der Waals surface area (Å²) in [5, 5.41) is 8.99. The maximum Gasteiger partial charge on any atom is 0.254 e. The number of amides is 1. The fourth-order valence-electron chi connectivity index (χ4n) is 4.88. The lowest BCUT2D eigenvalue weighted by Crippen LogP contribution is -2.48. The average molecular weight is 441 g/mol. The van der Waals surface area contributed by atoms with E-state index in [4.69, 9.17) is 15.0 Å². The summed E-state index contributed by atoms with van der Waals surface area (Å²) in [4.78, 5) is 23.6. The normalized spacial score (nSPS) is 18.2. The Morgan fingerprint density at radius 3 is 2.55 bits per heavy atom. The van der Waals surface area contributed by atoms with Crippen molar-refractivity contribution in [2.75, 3.05) is 26.3 Å². The molecule has 1 amide bonds. The van der Waals surface area contributed by atoms with Gasteiger partial charge in [0.25, 0.3) is 5.91 Å². The summed E-state index contributed by atoms with van der Waals surface area (Å²) in [6, 6.07) is 13.9. The van der Waals surface area contributed by atoms with E-state index in [-0.39, 0.29) is 5.91 Å². The number of hydrogen-bond acceptors (Lipinski definition) is 4. The molecule has 3 aromatic rings. The van der Waals surface area contributed by atoms with Crippen LogP contribution < -0.4 is 0 Å². The van der Waals surface area contributed by atoms with Crippen molar-refractivity contribution < 1.29 is 9.53 Å². The second kappa shape index (κ2) is 8.49. The molecule has 3 heterocycles. The van der Waals surface area contributed by atoms with Crippen LogP contribution in [-0.4, -0.2) is 47.1 Å². The number of hydrogen-bond donors (Lipinski definition) is 1. The van der Waals surface area contributed by atoms with E-state index in [0.717, 1.165) is 52.5 Å². The summed E-state index contributed by atoms with van der Waals surface area (Å²) >= 11 is 0. The largest absolute Gasteiger partial charge is 0.381 e. The smallest absolute Gasteiger partial charge is 0.254 e. The van der Waals surface area contributed by atoms with Gasteiger partial charge in [-0.2, -0.15) is 5.26 Å². The summed E-state index contributed by atoms with van der Waals surface area (Å²) < 4.78 is 5.53. The Morgan fingerprint density at radius 1 is 1.12 bits per heavy atom. The molecule has 2 fully saturated rings. The quantitative estimate of drug-likeness (QED) is 0.642. The van der Waals surface area contributed by atoms with Gasteiger partial charge in [0.2, 0.25) is 0 Å². The van der Waals surface area contributed by atoms with Crippen molar-refractivity contribution in [2.45, 2.75) is 39.0 Å². The Labute approximate surface area is 194 Å². The van der Waals surface area contributed by atoms with Crippen molar-refractivity contribution in [3.63, 3.8) is 0 Å². The molecule has 1 unspecified atom stereocenters. The number of rotatable bonds is 4. The first-order valence-corrected chi connectivity index (χ1v) is 11.5. The van der Waals surface area contributed by atoms with Crippen molar-refractivity contribution in [1.29, 1.82) is 5.26 Å². The Balaban J connectivity index is 1.37. The van der Waals surface area contributed by atoms with Crippen molar-refractivity contribution >= 4 is 5.91 Å². The van der Waals surface area contributed by atoms with Gasteiger partial charge in [0.05, 0.1) is 23.9 Å². The maximum absolute atomic E-state index is 13.4. The number of benzene rings is 2. The molecule has 33 heavy (non-hydrogen) atoms. The highest BCUT2D eigenvalue weighted by molar-refractivity contribution is 5.97. The first-order valence-electron chi connectivity index (χ1n) is 11.5. The molecule has 0 radical (unpaired) electrons. The number of carbonyl (C=O) groups excluding carboxylic acids is 1. The van der Waals surface area contributed by atoms with Crippen LogP contribution in [0.15, 0.2) is 36.4 Å². The Kier molecular flexibility index (Phi) is 5.51. The molecule has 2 aliphatic heterocycles. The lowest BCUT2D eigenvalue weighted by atomic mass is 9.89. The van der Waals surface area contributed by atoms with Gasteiger partial charge in [-0.15, -0.1) is 0 Å². The third-order valence-corrected chi connectivity index (χ3v) is 6.96. The molecule has 1 aromatic heterocycles. The summed E-state index contributed by atoms with van der Waals surface area (Å²) in [6.45, 7) is 9.00. The van der Waals surface area contributed by atoms with Crippen molar-refractivity contribution in [3.8, 4) is 17.3 Å². The molecule has 0 bridgehead atoms. The van der Waals surface area contributed by atoms with Gasteiger partial charge in [0.15, 0.2) is 0 Å². The molecule has 0 aliphatic carbocycles. The number of aromatic amines is 1. The van der Waals surface area contributed by atoms with Crippen LogP contribution in [0.1, 0.15) is 62.4 Å². The average Bonchev–Trinajstić information content (AvgIpc) is 3.43. The van der Waals surface area contributed by atoms with E-state index in [9.17, 15) is 4.79 Å². The van der Waals surface area contributed by atoms with Crippen LogP contribution >= 0.6 is 0 Å². The number of imidazole rings is 1. The van der Waals surface area contributed by atoms with Gasteiger partial charge >= 0.3 is 0 Å². The zero-order valence-electron chi connectivity index (χ0n) is 19.3. The number of aryl methyl sites for hydroxylation is 3. The van der Waals surface area contributed by atoms with Crippen LogP contribution in [0.3, 0.4) is 0 Å². The first-order chi connectivity index (χ1) is 15.9. The molecule has 0 saturated carbocycles. The van der Waals surface area contributed by atoms with Crippen LogP contribution in [0, 0.1) is 32.1 Å². The van der Waals surface area contributed by atoms with Gasteiger partial charge in [0.1, 0.15) is 5.82 Å². The number of likely N-dealkylation sites (tertiary alicyclic amines) is 1. The summed E-state index contributed by atoms with van der Waals surface area (Å²) in [6.07, 6.45) is 0.984. The van der Waals surface area contributed by atoms with Crippen LogP contribution in [0.25, 0.3) is 11.3 Å². The topological polar surface area (TPSA) is 82.0 Å². The summed E-state index contributed by atoms with van der Waals surface area (Å²) in [7, 11) is 0. The highest BCUT2D eigenvalue weighted by Gasteiger charge is 2.33. The van der Waals surface area contributed by atoms with Crippen molar-refractivity contribution in [3.05, 3.63) is 75.7 Å². The monoisotopic (exact) mass is 440 g/mol. The predicted molar refractivity (Wildman–Crippen MR) is 126 cm³/mol. The van der Waals surface area contributed by atoms with E-state index in [2.05, 4.69) is 24.0 Å². The van der Waals surface area contributed by atoms with Gasteiger partial charge in [-0.05, 0) is 62.1 Å². The second-order valence-corrected chi connectivity index (χ2v) is 9.28. The second-order valence-electron chi connectivity index (χ2n) is 9.28. The number of carbonyl (C=O) groups is 1. The molecule has 6 heteroatoms. The fraction of sp³-hybridized carbons (Fsp3) is 0.370. The Bertz CT molecular complexity index is 1240. The molecule has 1 atom stereocenters. The molecule has 6 nitrogen and oxygen atoms in total. The molecule has 2 aromatic carbocycles. The van der Waals surface area contributed by atoms with Crippen molar-refractivity contribution in [2.24, 2.45) is 0 Å². The van der Waals surface area contributed by atoms with E-state index in [1.807, 2.05) is 49.1 Å². The number of aromatic nitrogens is 2. The van der Waals surface area contributed by atoms with Gasteiger partial charge < -0.3 is 14.6 Å². The zero-order chi connectivity index (χ0) is 23.1. The molecule has 1 N–H and O–H groups in total. The Morgan fingerprint density at radius 2 is 1.88 bits per heavy atom. The number of H-pyrrole nitrogens is 1. The van der Waals surface area contributed by atoms with Gasteiger partial charge in [-0.25, -0.2) is 4.98 Å². The Hall–Kier alpha value is -3.43. The van der Waals surface area contributed by atoms with Crippen LogP contribution in [0.4, 0.5) is 0 Å². The highest BCUT2D eigenvalue weighted by Crippen LogP contribution is 2.33. The number of nitriles is 1. The molecule has 2 saturated heterocycles. The maximum atomic E-state index is 13.4. The molecule has 5 rings (SSSR count). The standard InChI is InChI=1S/C27H28N4O2/c1-16-10-17(2)24(11-23(16)25-18(3)29-26(30-25)21-8-9-33-15-21)27(32)31-13-22(14-31)20-6-4-19(12-28)5-7-20/h4-7,10-11,21-22H,8-9,13-15H2,1-3H3,(H,29,30). The predicted octanol–water partition coefficient (Wildman–Crippen LogP) is 4.62. The molecule has 2 aliphatic rings. The number of nitrogens with one attached hydrogen (secondary N) is 1. The van der Waals surface area contributed by atoms with E-state index >= 15 is 0 Å². The van der Waals surface area contributed by atoms with Gasteiger partial charge in [-0.3, -0.25) is 4.79 Å². The minimum Gasteiger partial charge on any atom is -0.381 e. The third kappa shape index (κ3) is 3.94. The highest BCUT2D eigenvalue weighted by atomic mass is 16.5. The molecular formula is C27H28N4O2. The number of nitrogens with zero attached hydrogens (tertiary/aromatic N) is 3. The molecule has 0 spiro atoms. The summed E-state index contributed by atoms with van der Waals surface area (Å²) in [5.41, 5.74) is 7.62. The SMILES string of the molecule is Cc1cc(C)c(-c2nc(C3CCOC3)[nH]c2C)cc1C(=O)N1CC(c2ccc(C#N)cc2)C1. The first kappa shape index (κ1) is 21.4. The summed E-state index contributed by atoms with van der Waals surface area (Å²) in [5.74, 6) is 1.67. The van der Waals surface area contributed by atoms with E-state index in [1.54, 1.807) is 0 Å². The number of ether oxygens (including phenoxy) is 1. The van der Waals surface area contributed by atoms with Gasteiger partial charge in [-0.1, -0.05) is 18.2 Å². The fourth-order valence-corrected chi connectivity index (χ4v) is 4.88. The lowest BCUT2D eigenvalue weighted by molar-refractivity contribution is 0.0601. The van der Waals surface area contributed by atoms with Crippen LogP contribution in [0.5, 0.6) is 0 Å². The van der Waals surface area contributed by atoms with Crippen LogP contribution in [0.2, 0.25) is 0 Å². The van der Waals surface area contributed by atoms with E-state index in [1.165, 1.54) is 5.56 Å². The van der Waals surface area contributed by atoms with E-state index in [0.29, 0.717) is 37.1 Å². The van der Waals surface area contributed by atoms with Crippen molar-refractivity contribution in [1.82, 2.24) is 14.9 Å².